The van der Waals surface area contributed by atoms with Crippen LogP contribution >= 0.6 is 0 Å². The Morgan fingerprint density at radius 3 is 2.63 bits per heavy atom. The van der Waals surface area contributed by atoms with Crippen molar-refractivity contribution >= 4 is 5.91 Å². The van der Waals surface area contributed by atoms with Gasteiger partial charge in [-0.1, -0.05) is 18.2 Å². The number of rotatable bonds is 8. The minimum Gasteiger partial charge on any atom is -0.490 e. The molecule has 2 aromatic rings. The first-order valence-corrected chi connectivity index (χ1v) is 10.8. The lowest BCUT2D eigenvalue weighted by Gasteiger charge is -2.27. The summed E-state index contributed by atoms with van der Waals surface area (Å²) in [6.45, 7) is 4.97. The van der Waals surface area contributed by atoms with E-state index in [0.29, 0.717) is 39.3 Å². The molecule has 0 aliphatic carbocycles. The molecular formula is C24H29NO5. The Labute approximate surface area is 177 Å². The fraction of sp³-hybridized carbons (Fsp3) is 0.458. The number of para-hydroxylation sites is 2. The van der Waals surface area contributed by atoms with Gasteiger partial charge in [0, 0.05) is 13.0 Å². The Morgan fingerprint density at radius 2 is 1.83 bits per heavy atom. The summed E-state index contributed by atoms with van der Waals surface area (Å²) in [5.74, 6) is 3.20. The zero-order valence-corrected chi connectivity index (χ0v) is 17.5. The lowest BCUT2D eigenvalue weighted by atomic mass is 10.0. The maximum atomic E-state index is 12.9. The molecule has 2 heterocycles. The third kappa shape index (κ3) is 4.64. The second kappa shape index (κ2) is 9.74. The summed E-state index contributed by atoms with van der Waals surface area (Å²) < 4.78 is 22.8. The van der Waals surface area contributed by atoms with Crippen LogP contribution in [0.1, 0.15) is 44.2 Å². The van der Waals surface area contributed by atoms with E-state index in [4.69, 9.17) is 18.9 Å². The fourth-order valence-electron chi connectivity index (χ4n) is 4.07. The van der Waals surface area contributed by atoms with E-state index >= 15 is 0 Å². The molecule has 2 aliphatic rings. The van der Waals surface area contributed by atoms with Crippen molar-refractivity contribution in [3.05, 3.63) is 48.0 Å². The van der Waals surface area contributed by atoms with Crippen LogP contribution in [-0.2, 0) is 4.79 Å². The van der Waals surface area contributed by atoms with E-state index < -0.39 is 0 Å². The van der Waals surface area contributed by atoms with Crippen molar-refractivity contribution in [1.29, 1.82) is 0 Å². The Morgan fingerprint density at radius 1 is 1.07 bits per heavy atom. The van der Waals surface area contributed by atoms with E-state index in [9.17, 15) is 4.79 Å². The Bertz CT molecular complexity index is 868. The zero-order chi connectivity index (χ0) is 20.8. The number of ether oxygens (including phenoxy) is 4. The van der Waals surface area contributed by atoms with Crippen LogP contribution in [0, 0.1) is 0 Å². The molecule has 0 N–H and O–H groups in total. The third-order valence-corrected chi connectivity index (χ3v) is 5.47. The highest BCUT2D eigenvalue weighted by molar-refractivity contribution is 5.77. The maximum absolute atomic E-state index is 12.9. The highest BCUT2D eigenvalue weighted by Crippen LogP contribution is 2.38. The van der Waals surface area contributed by atoms with Gasteiger partial charge >= 0.3 is 0 Å². The first kappa shape index (κ1) is 20.4. The third-order valence-electron chi connectivity index (χ3n) is 5.47. The van der Waals surface area contributed by atoms with Gasteiger partial charge in [0.1, 0.15) is 13.2 Å². The van der Waals surface area contributed by atoms with Gasteiger partial charge in [0.15, 0.2) is 23.0 Å². The van der Waals surface area contributed by atoms with Gasteiger partial charge in [-0.15, -0.1) is 0 Å². The summed E-state index contributed by atoms with van der Waals surface area (Å²) in [5.41, 5.74) is 1.12. The van der Waals surface area contributed by atoms with E-state index in [1.54, 1.807) is 0 Å². The summed E-state index contributed by atoms with van der Waals surface area (Å²) in [5, 5.41) is 0. The molecule has 30 heavy (non-hydrogen) atoms. The second-order valence-electron chi connectivity index (χ2n) is 7.48. The smallest absolute Gasteiger partial charge is 0.223 e. The van der Waals surface area contributed by atoms with Crippen molar-refractivity contribution in [2.75, 3.05) is 33.0 Å². The van der Waals surface area contributed by atoms with Crippen LogP contribution in [0.4, 0.5) is 0 Å². The normalized spacial score (nSPS) is 17.6. The van der Waals surface area contributed by atoms with E-state index in [2.05, 4.69) is 6.07 Å². The zero-order valence-electron chi connectivity index (χ0n) is 17.5. The molecule has 1 unspecified atom stereocenters. The fourth-order valence-corrected chi connectivity index (χ4v) is 4.07. The second-order valence-corrected chi connectivity index (χ2v) is 7.48. The number of hydrogen-bond donors (Lipinski definition) is 0. The molecule has 0 saturated carbocycles. The summed E-state index contributed by atoms with van der Waals surface area (Å²) in [4.78, 5) is 14.9. The molecule has 0 bridgehead atoms. The summed E-state index contributed by atoms with van der Waals surface area (Å²) >= 11 is 0. The molecule has 1 amide bonds. The van der Waals surface area contributed by atoms with Crippen LogP contribution in [0.25, 0.3) is 0 Å². The van der Waals surface area contributed by atoms with Crippen LogP contribution in [0.3, 0.4) is 0 Å². The van der Waals surface area contributed by atoms with Gasteiger partial charge in [-0.2, -0.15) is 0 Å². The molecule has 0 aromatic heterocycles. The monoisotopic (exact) mass is 411 g/mol. The number of hydrogen-bond acceptors (Lipinski definition) is 5. The minimum absolute atomic E-state index is 0.105. The summed E-state index contributed by atoms with van der Waals surface area (Å²) in [6, 6.07) is 13.8. The summed E-state index contributed by atoms with van der Waals surface area (Å²) in [6.07, 6.45) is 3.13. The van der Waals surface area contributed by atoms with Gasteiger partial charge < -0.3 is 23.8 Å². The Kier molecular flexibility index (Phi) is 6.62. The van der Waals surface area contributed by atoms with E-state index in [1.807, 2.05) is 48.2 Å². The highest BCUT2D eigenvalue weighted by atomic mass is 16.6. The average Bonchev–Trinajstić information content (AvgIpc) is 3.27. The van der Waals surface area contributed by atoms with Crippen LogP contribution in [-0.4, -0.2) is 43.8 Å². The number of nitrogens with zero attached hydrogens (tertiary/aromatic N) is 1. The van der Waals surface area contributed by atoms with Crippen LogP contribution in [0.15, 0.2) is 42.5 Å². The number of likely N-dealkylation sites (tertiary alicyclic amines) is 1. The summed E-state index contributed by atoms with van der Waals surface area (Å²) in [7, 11) is 0. The lowest BCUT2D eigenvalue weighted by molar-refractivity contribution is -0.132. The van der Waals surface area contributed by atoms with Gasteiger partial charge in [0.05, 0.1) is 19.3 Å². The molecule has 0 spiro atoms. The number of carbonyl (C=O) groups excluding carboxylic acids is 1. The predicted octanol–water partition coefficient (Wildman–Crippen LogP) is 4.38. The molecule has 1 fully saturated rings. The van der Waals surface area contributed by atoms with Crippen LogP contribution < -0.4 is 18.9 Å². The minimum atomic E-state index is 0.105. The molecule has 2 aromatic carbocycles. The molecule has 6 heteroatoms. The molecular weight excluding hydrogens is 382 g/mol. The lowest BCUT2D eigenvalue weighted by Crippen LogP contribution is -2.30. The molecule has 1 atom stereocenters. The van der Waals surface area contributed by atoms with Crippen molar-refractivity contribution in [2.45, 2.75) is 38.6 Å². The van der Waals surface area contributed by atoms with Gasteiger partial charge in [0.25, 0.3) is 0 Å². The van der Waals surface area contributed by atoms with Crippen molar-refractivity contribution in [2.24, 2.45) is 0 Å². The molecule has 160 valence electrons. The molecule has 6 nitrogen and oxygen atoms in total. The van der Waals surface area contributed by atoms with Crippen molar-refractivity contribution in [3.8, 4) is 23.0 Å². The number of benzene rings is 2. The number of fused-ring (bicyclic) bond motifs is 1. The maximum Gasteiger partial charge on any atom is 0.223 e. The molecule has 1 saturated heterocycles. The van der Waals surface area contributed by atoms with Gasteiger partial charge in [0.2, 0.25) is 5.91 Å². The predicted molar refractivity (Wildman–Crippen MR) is 113 cm³/mol. The van der Waals surface area contributed by atoms with Gasteiger partial charge in [-0.25, -0.2) is 0 Å². The van der Waals surface area contributed by atoms with Crippen LogP contribution in [0.2, 0.25) is 0 Å². The Balaban J connectivity index is 1.31. The first-order valence-electron chi connectivity index (χ1n) is 10.8. The topological polar surface area (TPSA) is 57.2 Å². The van der Waals surface area contributed by atoms with Gasteiger partial charge in [-0.3, -0.25) is 4.79 Å². The van der Waals surface area contributed by atoms with Crippen molar-refractivity contribution < 1.29 is 23.7 Å². The quantitative estimate of drug-likeness (QED) is 0.604. The molecule has 0 radical (unpaired) electrons. The number of amides is 1. The van der Waals surface area contributed by atoms with Crippen molar-refractivity contribution in [3.63, 3.8) is 0 Å². The largest absolute Gasteiger partial charge is 0.490 e. The van der Waals surface area contributed by atoms with Gasteiger partial charge in [-0.05, 0) is 56.0 Å². The van der Waals surface area contributed by atoms with E-state index in [1.165, 1.54) is 0 Å². The molecule has 2 aliphatic heterocycles. The first-order chi connectivity index (χ1) is 14.8. The number of carbonyl (C=O) groups is 1. The van der Waals surface area contributed by atoms with Crippen LogP contribution in [0.5, 0.6) is 23.0 Å². The highest BCUT2D eigenvalue weighted by Gasteiger charge is 2.30. The molecule has 4 rings (SSSR count). The standard InChI is InChI=1S/C24H29NO5/c1-2-27-20-8-3-4-9-21(20)28-14-6-10-24(26)25-13-5-7-19(25)18-11-12-22-23(17-18)30-16-15-29-22/h3-4,8-9,11-12,17,19H,2,5-7,10,13-16H2,1H3. The Hall–Kier alpha value is -2.89. The average molecular weight is 411 g/mol. The van der Waals surface area contributed by atoms with Crippen molar-refractivity contribution in [1.82, 2.24) is 4.90 Å². The van der Waals surface area contributed by atoms with E-state index in [-0.39, 0.29) is 11.9 Å². The SMILES string of the molecule is CCOc1ccccc1OCCCC(=O)N1CCCC1c1ccc2c(c1)OCCO2. The van der Waals surface area contributed by atoms with E-state index in [0.717, 1.165) is 47.9 Å².